The minimum Gasteiger partial charge on any atom is -0.322 e. The Balaban J connectivity index is 1.76. The molecule has 4 rings (SSSR count). The van der Waals surface area contributed by atoms with E-state index in [1.54, 1.807) is 23.7 Å². The number of hydrogen-bond donors (Lipinski definition) is 1. The molecule has 7 heteroatoms. The predicted octanol–water partition coefficient (Wildman–Crippen LogP) is 5.39. The first-order chi connectivity index (χ1) is 13.8. The zero-order chi connectivity index (χ0) is 20.7. The fourth-order valence-electron chi connectivity index (χ4n) is 3.19. The number of amides is 1. The topological polar surface area (TPSA) is 59.8 Å². The molecule has 29 heavy (non-hydrogen) atoms. The van der Waals surface area contributed by atoms with Crippen molar-refractivity contribution in [1.29, 1.82) is 0 Å². The summed E-state index contributed by atoms with van der Waals surface area (Å²) in [6.45, 7) is 5.68. The highest BCUT2D eigenvalue weighted by Crippen LogP contribution is 2.30. The van der Waals surface area contributed by atoms with E-state index in [0.717, 1.165) is 16.8 Å². The third-order valence-corrected chi connectivity index (χ3v) is 5.16. The van der Waals surface area contributed by atoms with Gasteiger partial charge in [0.25, 0.3) is 5.91 Å². The monoisotopic (exact) mass is 408 g/mol. The van der Waals surface area contributed by atoms with Crippen LogP contribution in [0.5, 0.6) is 0 Å². The molecule has 0 aliphatic rings. The maximum atomic E-state index is 13.2. The van der Waals surface area contributed by atoms with E-state index < -0.39 is 0 Å². The molecule has 2 heterocycles. The van der Waals surface area contributed by atoms with E-state index in [1.807, 2.05) is 32.0 Å². The fraction of sp³-hybridized carbons (Fsp3) is 0.136. The van der Waals surface area contributed by atoms with Crippen molar-refractivity contribution < 1.29 is 9.18 Å². The van der Waals surface area contributed by atoms with Crippen molar-refractivity contribution in [2.24, 2.45) is 0 Å². The number of hydrogen-bond acceptors (Lipinski definition) is 3. The summed E-state index contributed by atoms with van der Waals surface area (Å²) in [4.78, 5) is 17.3. The molecular formula is C22H18ClFN4O. The van der Waals surface area contributed by atoms with Crippen LogP contribution >= 0.6 is 11.6 Å². The average molecular weight is 409 g/mol. The van der Waals surface area contributed by atoms with Crippen LogP contribution in [-0.4, -0.2) is 20.7 Å². The van der Waals surface area contributed by atoms with E-state index in [9.17, 15) is 9.18 Å². The van der Waals surface area contributed by atoms with E-state index >= 15 is 0 Å². The van der Waals surface area contributed by atoms with Crippen molar-refractivity contribution in [2.75, 3.05) is 5.32 Å². The largest absolute Gasteiger partial charge is 0.322 e. The molecule has 2 aromatic heterocycles. The highest BCUT2D eigenvalue weighted by Gasteiger charge is 2.20. The lowest BCUT2D eigenvalue weighted by atomic mass is 10.1. The van der Waals surface area contributed by atoms with Gasteiger partial charge >= 0.3 is 0 Å². The van der Waals surface area contributed by atoms with Crippen LogP contribution in [0.15, 0.2) is 48.7 Å². The molecule has 1 N–H and O–H groups in total. The number of carbonyl (C=O) groups excluding carboxylic acids is 1. The van der Waals surface area contributed by atoms with E-state index in [1.165, 1.54) is 18.3 Å². The van der Waals surface area contributed by atoms with Crippen LogP contribution in [-0.2, 0) is 0 Å². The first-order valence-corrected chi connectivity index (χ1v) is 9.41. The number of fused-ring (bicyclic) bond motifs is 1. The molecule has 0 bridgehead atoms. The van der Waals surface area contributed by atoms with Crippen molar-refractivity contribution in [3.63, 3.8) is 0 Å². The van der Waals surface area contributed by atoms with Crippen LogP contribution in [0.1, 0.15) is 27.2 Å². The standard InChI is InChI=1S/C22H18ClFN4O/c1-12-4-5-13(2)18(10-12)26-22(29)17-11-25-21-19(20(17)23)14(3)27-28(21)16-8-6-15(24)7-9-16/h4-11H,1-3H3,(H,26,29). The van der Waals surface area contributed by atoms with Crippen LogP contribution in [0.3, 0.4) is 0 Å². The molecule has 0 aliphatic heterocycles. The minimum absolute atomic E-state index is 0.266. The Labute approximate surface area is 172 Å². The minimum atomic E-state index is -0.341. The van der Waals surface area contributed by atoms with Gasteiger partial charge in [0, 0.05) is 11.9 Å². The smallest absolute Gasteiger partial charge is 0.258 e. The summed E-state index contributed by atoms with van der Waals surface area (Å²) in [5, 5.41) is 8.25. The molecule has 0 spiro atoms. The molecule has 0 saturated carbocycles. The Morgan fingerprint density at radius 3 is 2.55 bits per heavy atom. The van der Waals surface area contributed by atoms with Crippen molar-refractivity contribution in [2.45, 2.75) is 20.8 Å². The van der Waals surface area contributed by atoms with Gasteiger partial charge in [-0.25, -0.2) is 14.1 Å². The molecule has 0 radical (unpaired) electrons. The van der Waals surface area contributed by atoms with E-state index in [2.05, 4.69) is 15.4 Å². The zero-order valence-corrected chi connectivity index (χ0v) is 16.9. The predicted molar refractivity (Wildman–Crippen MR) is 112 cm³/mol. The molecule has 0 unspecified atom stereocenters. The third-order valence-electron chi connectivity index (χ3n) is 4.77. The number of nitrogens with zero attached hydrogens (tertiary/aromatic N) is 3. The molecule has 4 aromatic rings. The van der Waals surface area contributed by atoms with Gasteiger partial charge in [-0.05, 0) is 62.2 Å². The van der Waals surface area contributed by atoms with Crippen LogP contribution in [0.4, 0.5) is 10.1 Å². The number of aromatic nitrogens is 3. The molecule has 0 saturated heterocycles. The second kappa shape index (κ2) is 7.29. The number of rotatable bonds is 3. The number of aryl methyl sites for hydroxylation is 3. The number of pyridine rings is 1. The summed E-state index contributed by atoms with van der Waals surface area (Å²) in [7, 11) is 0. The van der Waals surface area contributed by atoms with E-state index in [4.69, 9.17) is 11.6 Å². The first-order valence-electron chi connectivity index (χ1n) is 9.03. The second-order valence-electron chi connectivity index (χ2n) is 6.93. The van der Waals surface area contributed by atoms with Gasteiger partial charge in [0.05, 0.1) is 27.4 Å². The second-order valence-corrected chi connectivity index (χ2v) is 7.31. The molecule has 5 nitrogen and oxygen atoms in total. The van der Waals surface area contributed by atoms with Crippen LogP contribution in [0.25, 0.3) is 16.7 Å². The van der Waals surface area contributed by atoms with Gasteiger partial charge in [0.15, 0.2) is 5.65 Å². The van der Waals surface area contributed by atoms with Crippen molar-refractivity contribution >= 4 is 34.2 Å². The maximum Gasteiger partial charge on any atom is 0.258 e. The lowest BCUT2D eigenvalue weighted by Gasteiger charge is -2.11. The van der Waals surface area contributed by atoms with Gasteiger partial charge in [-0.1, -0.05) is 23.7 Å². The quantitative estimate of drug-likeness (QED) is 0.494. The molecule has 0 atom stereocenters. The third kappa shape index (κ3) is 3.47. The van der Waals surface area contributed by atoms with Gasteiger partial charge in [0.1, 0.15) is 5.82 Å². The normalized spacial score (nSPS) is 11.1. The summed E-state index contributed by atoms with van der Waals surface area (Å²) < 4.78 is 14.8. The Morgan fingerprint density at radius 1 is 1.10 bits per heavy atom. The number of benzene rings is 2. The Hall–Kier alpha value is -3.25. The number of halogens is 2. The maximum absolute atomic E-state index is 13.2. The molecule has 0 fully saturated rings. The summed E-state index contributed by atoms with van der Waals surface area (Å²) in [5.74, 6) is -0.676. The van der Waals surface area contributed by atoms with Gasteiger partial charge in [-0.15, -0.1) is 0 Å². The van der Waals surface area contributed by atoms with Crippen LogP contribution < -0.4 is 5.32 Å². The summed E-state index contributed by atoms with van der Waals surface area (Å²) in [6, 6.07) is 11.8. The molecule has 0 aliphatic carbocycles. The lowest BCUT2D eigenvalue weighted by Crippen LogP contribution is -2.14. The van der Waals surface area contributed by atoms with Gasteiger partial charge in [-0.2, -0.15) is 5.10 Å². The molecule has 2 aromatic carbocycles. The number of anilines is 1. The Morgan fingerprint density at radius 2 is 1.83 bits per heavy atom. The van der Waals surface area contributed by atoms with Gasteiger partial charge in [-0.3, -0.25) is 4.79 Å². The van der Waals surface area contributed by atoms with Gasteiger partial charge in [0.2, 0.25) is 0 Å². The molecule has 1 amide bonds. The average Bonchev–Trinajstić information content (AvgIpc) is 3.03. The highest BCUT2D eigenvalue weighted by atomic mass is 35.5. The van der Waals surface area contributed by atoms with Crippen molar-refractivity contribution in [1.82, 2.24) is 14.8 Å². The van der Waals surface area contributed by atoms with Crippen LogP contribution in [0.2, 0.25) is 5.02 Å². The summed E-state index contributed by atoms with van der Waals surface area (Å²) in [5.41, 5.74) is 4.77. The molecule has 146 valence electrons. The Bertz CT molecular complexity index is 1250. The van der Waals surface area contributed by atoms with Crippen molar-refractivity contribution in [3.05, 3.63) is 81.9 Å². The van der Waals surface area contributed by atoms with Gasteiger partial charge < -0.3 is 5.32 Å². The summed E-state index contributed by atoms with van der Waals surface area (Å²) in [6.07, 6.45) is 1.44. The number of carbonyl (C=O) groups is 1. The summed E-state index contributed by atoms with van der Waals surface area (Å²) >= 11 is 6.59. The fourth-order valence-corrected chi connectivity index (χ4v) is 3.54. The highest BCUT2D eigenvalue weighted by molar-refractivity contribution is 6.39. The van der Waals surface area contributed by atoms with E-state index in [-0.39, 0.29) is 22.3 Å². The Kier molecular flexibility index (Phi) is 4.80. The molecular weight excluding hydrogens is 391 g/mol. The SMILES string of the molecule is Cc1ccc(C)c(NC(=O)c2cnc3c(c(C)nn3-c3ccc(F)cc3)c2Cl)c1. The van der Waals surface area contributed by atoms with E-state index in [0.29, 0.717) is 22.4 Å². The van der Waals surface area contributed by atoms with Crippen molar-refractivity contribution in [3.8, 4) is 5.69 Å². The van der Waals surface area contributed by atoms with Crippen LogP contribution in [0, 0.1) is 26.6 Å². The first kappa shape index (κ1) is 19.1. The number of nitrogens with one attached hydrogen (secondary N) is 1. The zero-order valence-electron chi connectivity index (χ0n) is 16.1. The lowest BCUT2D eigenvalue weighted by molar-refractivity contribution is 0.102.